The fraction of sp³-hybridized carbons (Fsp3) is 0.300. The van der Waals surface area contributed by atoms with Crippen molar-refractivity contribution in [2.75, 3.05) is 31.5 Å². The van der Waals surface area contributed by atoms with Gasteiger partial charge in [0, 0.05) is 32.7 Å². The van der Waals surface area contributed by atoms with Gasteiger partial charge in [0.25, 0.3) is 0 Å². The standard InChI is InChI=1S/C20H23N3O3/c1-15-7-8-18(24)17(13-15)21-19(25)20(26)23-11-9-22(10-12-23)14-16-5-3-2-4-6-16/h2-8,13,24H,9-12,14H2,1H3,(H,21,25). The highest BCUT2D eigenvalue weighted by molar-refractivity contribution is 6.39. The fourth-order valence-corrected chi connectivity index (χ4v) is 3.02. The summed E-state index contributed by atoms with van der Waals surface area (Å²) in [7, 11) is 0. The van der Waals surface area contributed by atoms with Crippen LogP contribution in [0.3, 0.4) is 0 Å². The van der Waals surface area contributed by atoms with Crippen LogP contribution in [0, 0.1) is 6.92 Å². The van der Waals surface area contributed by atoms with E-state index < -0.39 is 11.8 Å². The normalized spacial score (nSPS) is 14.9. The van der Waals surface area contributed by atoms with Crippen molar-refractivity contribution in [3.05, 3.63) is 59.7 Å². The topological polar surface area (TPSA) is 72.9 Å². The van der Waals surface area contributed by atoms with E-state index in [2.05, 4.69) is 22.3 Å². The maximum Gasteiger partial charge on any atom is 0.314 e. The molecule has 0 unspecified atom stereocenters. The number of hydrogen-bond acceptors (Lipinski definition) is 4. The number of phenols is 1. The van der Waals surface area contributed by atoms with Crippen molar-refractivity contribution >= 4 is 17.5 Å². The van der Waals surface area contributed by atoms with Crippen LogP contribution in [-0.2, 0) is 16.1 Å². The molecule has 3 rings (SSSR count). The zero-order chi connectivity index (χ0) is 18.5. The molecule has 6 nitrogen and oxygen atoms in total. The molecule has 136 valence electrons. The summed E-state index contributed by atoms with van der Waals surface area (Å²) in [6.07, 6.45) is 0. The third-order valence-electron chi connectivity index (χ3n) is 4.50. The minimum atomic E-state index is -0.720. The molecule has 2 amide bonds. The second-order valence-corrected chi connectivity index (χ2v) is 6.53. The molecule has 0 bridgehead atoms. The van der Waals surface area contributed by atoms with Gasteiger partial charge in [0.05, 0.1) is 5.69 Å². The minimum Gasteiger partial charge on any atom is -0.506 e. The molecule has 2 aromatic rings. The van der Waals surface area contributed by atoms with Crippen molar-refractivity contribution in [3.63, 3.8) is 0 Å². The Morgan fingerprint density at radius 1 is 1.04 bits per heavy atom. The van der Waals surface area contributed by atoms with E-state index >= 15 is 0 Å². The summed E-state index contributed by atoms with van der Waals surface area (Å²) in [5.41, 5.74) is 2.38. The van der Waals surface area contributed by atoms with Gasteiger partial charge in [-0.15, -0.1) is 0 Å². The zero-order valence-electron chi connectivity index (χ0n) is 14.8. The van der Waals surface area contributed by atoms with Gasteiger partial charge in [0.15, 0.2) is 0 Å². The first-order valence-corrected chi connectivity index (χ1v) is 8.69. The first-order valence-electron chi connectivity index (χ1n) is 8.69. The lowest BCUT2D eigenvalue weighted by Gasteiger charge is -2.34. The number of aryl methyl sites for hydroxylation is 1. The largest absolute Gasteiger partial charge is 0.506 e. The second kappa shape index (κ2) is 8.01. The van der Waals surface area contributed by atoms with Gasteiger partial charge >= 0.3 is 11.8 Å². The molecule has 1 aliphatic rings. The summed E-state index contributed by atoms with van der Waals surface area (Å²) >= 11 is 0. The van der Waals surface area contributed by atoms with Crippen LogP contribution in [-0.4, -0.2) is 52.9 Å². The lowest BCUT2D eigenvalue weighted by Crippen LogP contribution is -2.51. The molecule has 1 saturated heterocycles. The average molecular weight is 353 g/mol. The first-order chi connectivity index (χ1) is 12.5. The molecule has 26 heavy (non-hydrogen) atoms. The van der Waals surface area contributed by atoms with Gasteiger partial charge in [0.2, 0.25) is 0 Å². The van der Waals surface area contributed by atoms with E-state index in [4.69, 9.17) is 0 Å². The Morgan fingerprint density at radius 2 is 1.73 bits per heavy atom. The fourth-order valence-electron chi connectivity index (χ4n) is 3.02. The maximum atomic E-state index is 12.4. The number of carbonyl (C=O) groups is 2. The van der Waals surface area contributed by atoms with Crippen molar-refractivity contribution in [3.8, 4) is 5.75 Å². The first kappa shape index (κ1) is 17.9. The molecule has 1 fully saturated rings. The second-order valence-electron chi connectivity index (χ2n) is 6.53. The smallest absolute Gasteiger partial charge is 0.314 e. The molecule has 1 heterocycles. The van der Waals surface area contributed by atoms with Crippen molar-refractivity contribution in [1.82, 2.24) is 9.80 Å². The van der Waals surface area contributed by atoms with Crippen LogP contribution in [0.1, 0.15) is 11.1 Å². The van der Waals surface area contributed by atoms with E-state index in [1.165, 1.54) is 11.6 Å². The predicted molar refractivity (Wildman–Crippen MR) is 99.8 cm³/mol. The number of rotatable bonds is 3. The summed E-state index contributed by atoms with van der Waals surface area (Å²) < 4.78 is 0. The number of piperazine rings is 1. The van der Waals surface area contributed by atoms with Crippen molar-refractivity contribution in [2.24, 2.45) is 0 Å². The van der Waals surface area contributed by atoms with Crippen LogP contribution in [0.4, 0.5) is 5.69 Å². The van der Waals surface area contributed by atoms with Gasteiger partial charge in [0.1, 0.15) is 5.75 Å². The highest BCUT2D eigenvalue weighted by Crippen LogP contribution is 2.23. The number of aromatic hydroxyl groups is 1. The molecule has 0 aromatic heterocycles. The van der Waals surface area contributed by atoms with Crippen LogP contribution in [0.15, 0.2) is 48.5 Å². The molecular formula is C20H23N3O3. The Labute approximate surface area is 153 Å². The van der Waals surface area contributed by atoms with E-state index in [-0.39, 0.29) is 11.4 Å². The number of carbonyl (C=O) groups excluding carboxylic acids is 2. The number of nitrogens with one attached hydrogen (secondary N) is 1. The average Bonchev–Trinajstić information content (AvgIpc) is 2.65. The maximum absolute atomic E-state index is 12.4. The molecule has 6 heteroatoms. The Hall–Kier alpha value is -2.86. The van der Waals surface area contributed by atoms with Crippen LogP contribution in [0.25, 0.3) is 0 Å². The Kier molecular flexibility index (Phi) is 5.53. The van der Waals surface area contributed by atoms with Crippen LogP contribution >= 0.6 is 0 Å². The van der Waals surface area contributed by atoms with Crippen LogP contribution in [0.2, 0.25) is 0 Å². The van der Waals surface area contributed by atoms with E-state index in [0.29, 0.717) is 13.1 Å². The van der Waals surface area contributed by atoms with E-state index in [1.54, 1.807) is 17.0 Å². The van der Waals surface area contributed by atoms with Gasteiger partial charge in [-0.05, 0) is 30.2 Å². The highest BCUT2D eigenvalue weighted by Gasteiger charge is 2.26. The predicted octanol–water partition coefficient (Wildman–Crippen LogP) is 1.98. The highest BCUT2D eigenvalue weighted by atomic mass is 16.3. The SMILES string of the molecule is Cc1ccc(O)c(NC(=O)C(=O)N2CCN(Cc3ccccc3)CC2)c1. The van der Waals surface area contributed by atoms with E-state index in [9.17, 15) is 14.7 Å². The molecule has 2 N–H and O–H groups in total. The summed E-state index contributed by atoms with van der Waals surface area (Å²) in [6, 6.07) is 15.1. The molecule has 0 saturated carbocycles. The summed E-state index contributed by atoms with van der Waals surface area (Å²) in [5.74, 6) is -1.34. The molecule has 0 spiro atoms. The number of nitrogens with zero attached hydrogens (tertiary/aromatic N) is 2. The van der Waals surface area contributed by atoms with Gasteiger partial charge < -0.3 is 15.3 Å². The third-order valence-corrected chi connectivity index (χ3v) is 4.50. The lowest BCUT2D eigenvalue weighted by molar-refractivity contribution is -0.144. The Balaban J connectivity index is 1.53. The zero-order valence-corrected chi connectivity index (χ0v) is 14.8. The van der Waals surface area contributed by atoms with Gasteiger partial charge in [-0.2, -0.15) is 0 Å². The van der Waals surface area contributed by atoms with E-state index in [0.717, 1.165) is 25.2 Å². The molecular weight excluding hydrogens is 330 g/mol. The quantitative estimate of drug-likeness (QED) is 0.654. The number of hydrogen-bond donors (Lipinski definition) is 2. The summed E-state index contributed by atoms with van der Waals surface area (Å²) in [6.45, 7) is 5.17. The molecule has 1 aliphatic heterocycles. The van der Waals surface area contributed by atoms with Gasteiger partial charge in [-0.3, -0.25) is 14.5 Å². The molecule has 0 aliphatic carbocycles. The Bertz CT molecular complexity index is 784. The summed E-state index contributed by atoms with van der Waals surface area (Å²) in [5, 5.41) is 12.3. The van der Waals surface area contributed by atoms with Crippen molar-refractivity contribution in [2.45, 2.75) is 13.5 Å². The summed E-state index contributed by atoms with van der Waals surface area (Å²) in [4.78, 5) is 28.4. The molecule has 2 aromatic carbocycles. The Morgan fingerprint density at radius 3 is 2.42 bits per heavy atom. The van der Waals surface area contributed by atoms with Gasteiger partial charge in [-0.25, -0.2) is 0 Å². The number of anilines is 1. The minimum absolute atomic E-state index is 0.0515. The van der Waals surface area contributed by atoms with E-state index in [1.807, 2.05) is 25.1 Å². The van der Waals surface area contributed by atoms with Gasteiger partial charge in [-0.1, -0.05) is 36.4 Å². The number of phenolic OH excluding ortho intramolecular Hbond substituents is 1. The number of amides is 2. The third kappa shape index (κ3) is 4.40. The number of benzene rings is 2. The van der Waals surface area contributed by atoms with Crippen molar-refractivity contribution in [1.29, 1.82) is 0 Å². The lowest BCUT2D eigenvalue weighted by atomic mass is 10.2. The van der Waals surface area contributed by atoms with Crippen molar-refractivity contribution < 1.29 is 14.7 Å². The monoisotopic (exact) mass is 353 g/mol. The molecule has 0 radical (unpaired) electrons. The van der Waals surface area contributed by atoms with Crippen LogP contribution < -0.4 is 5.32 Å². The molecule has 0 atom stereocenters. The van der Waals surface area contributed by atoms with Crippen LogP contribution in [0.5, 0.6) is 5.75 Å².